The molecule has 0 aliphatic carbocycles. The fourth-order valence-electron chi connectivity index (χ4n) is 4.22. The molecule has 1 N–H and O–H groups in total. The maximum Gasteiger partial charge on any atom is 0.348 e. The lowest BCUT2D eigenvalue weighted by molar-refractivity contribution is -0.117. The Morgan fingerprint density at radius 1 is 1.19 bits per heavy atom. The fourth-order valence-corrected chi connectivity index (χ4v) is 5.19. The summed E-state index contributed by atoms with van der Waals surface area (Å²) < 4.78 is 4.77. The summed E-state index contributed by atoms with van der Waals surface area (Å²) in [6.07, 6.45) is 7.88. The van der Waals surface area contributed by atoms with Crippen LogP contribution in [0.1, 0.15) is 84.5 Å². The lowest BCUT2D eigenvalue weighted by Crippen LogP contribution is -2.32. The van der Waals surface area contributed by atoms with Gasteiger partial charge in [-0.15, -0.1) is 11.3 Å². The van der Waals surface area contributed by atoms with E-state index in [0.717, 1.165) is 67.5 Å². The van der Waals surface area contributed by atoms with Gasteiger partial charge in [0.2, 0.25) is 5.91 Å². The topological polar surface area (TPSA) is 66.8 Å². The zero-order valence-electron chi connectivity index (χ0n) is 18.5. The molecule has 1 aromatic carbocycles. The van der Waals surface area contributed by atoms with Crippen LogP contribution in [-0.4, -0.2) is 30.1 Å². The van der Waals surface area contributed by atoms with Crippen molar-refractivity contribution in [3.8, 4) is 0 Å². The van der Waals surface area contributed by atoms with Gasteiger partial charge in [0.05, 0.1) is 13.2 Å². The largest absolute Gasteiger partial charge is 0.465 e. The monoisotopic (exact) mass is 443 g/mol. The minimum atomic E-state index is -0.439. The highest BCUT2D eigenvalue weighted by Crippen LogP contribution is 2.31. The minimum absolute atomic E-state index is 0.172. The van der Waals surface area contributed by atoms with Crippen molar-refractivity contribution in [2.45, 2.75) is 76.9 Å². The summed E-state index contributed by atoms with van der Waals surface area (Å²) in [5.74, 6) is -0.118. The maximum atomic E-state index is 12.6. The molecule has 1 fully saturated rings. The molecule has 1 saturated heterocycles. The van der Waals surface area contributed by atoms with Crippen molar-refractivity contribution in [2.24, 2.45) is 0 Å². The smallest absolute Gasteiger partial charge is 0.348 e. The van der Waals surface area contributed by atoms with Crippen molar-refractivity contribution in [3.63, 3.8) is 0 Å². The minimum Gasteiger partial charge on any atom is -0.465 e. The lowest BCUT2D eigenvalue weighted by atomic mass is 10.0. The number of esters is 1. The van der Waals surface area contributed by atoms with E-state index in [1.54, 1.807) is 0 Å². The second-order valence-corrected chi connectivity index (χ2v) is 9.38. The van der Waals surface area contributed by atoms with E-state index >= 15 is 0 Å². The van der Waals surface area contributed by atoms with Gasteiger partial charge in [0.25, 0.3) is 0 Å². The number of hydrogen-bond donors (Lipinski definition) is 1. The van der Waals surface area contributed by atoms with Gasteiger partial charge in [-0.2, -0.15) is 0 Å². The Kier molecular flexibility index (Phi) is 8.67. The molecule has 3 rings (SSSR count). The highest BCUT2D eigenvalue weighted by molar-refractivity contribution is 7.13. The Bertz CT molecular complexity index is 861. The number of unbranched alkanes of at least 4 members (excludes halogenated alkanes) is 2. The number of carbonyl (C=O) groups is 2. The molecule has 1 amide bonds. The van der Waals surface area contributed by atoms with E-state index in [9.17, 15) is 14.7 Å². The highest BCUT2D eigenvalue weighted by Gasteiger charge is 2.31. The van der Waals surface area contributed by atoms with Crippen LogP contribution in [0.5, 0.6) is 0 Å². The number of ether oxygens (including phenoxy) is 1. The maximum absolute atomic E-state index is 12.6. The van der Waals surface area contributed by atoms with Gasteiger partial charge >= 0.3 is 5.97 Å². The summed E-state index contributed by atoms with van der Waals surface area (Å²) >= 11 is 1.48. The van der Waals surface area contributed by atoms with Crippen LogP contribution in [-0.2, 0) is 16.0 Å². The molecule has 1 aliphatic heterocycles. The molecular weight excluding hydrogens is 410 g/mol. The molecule has 0 saturated carbocycles. The molecular formula is C25H33NO4S. The third-order valence-electron chi connectivity index (χ3n) is 5.97. The summed E-state index contributed by atoms with van der Waals surface area (Å²) in [5, 5.41) is 10.4. The number of amides is 1. The zero-order valence-corrected chi connectivity index (χ0v) is 19.3. The molecule has 0 spiro atoms. The summed E-state index contributed by atoms with van der Waals surface area (Å²) in [4.78, 5) is 27.9. The number of rotatable bonds is 11. The van der Waals surface area contributed by atoms with Crippen molar-refractivity contribution >= 4 is 28.9 Å². The van der Waals surface area contributed by atoms with Gasteiger partial charge < -0.3 is 14.7 Å². The second kappa shape index (κ2) is 11.4. The van der Waals surface area contributed by atoms with Crippen LogP contribution in [0, 0.1) is 0 Å². The first-order valence-electron chi connectivity index (χ1n) is 11.3. The van der Waals surface area contributed by atoms with E-state index < -0.39 is 6.10 Å². The molecule has 0 bridgehead atoms. The number of methoxy groups -OCH3 is 1. The van der Waals surface area contributed by atoms with E-state index in [1.807, 2.05) is 41.3 Å². The molecule has 0 radical (unpaired) electrons. The quantitative estimate of drug-likeness (QED) is 0.359. The van der Waals surface area contributed by atoms with Crippen LogP contribution in [0.3, 0.4) is 0 Å². The van der Waals surface area contributed by atoms with E-state index in [2.05, 4.69) is 6.92 Å². The Balaban J connectivity index is 1.55. The van der Waals surface area contributed by atoms with Crippen molar-refractivity contribution in [1.82, 2.24) is 0 Å². The van der Waals surface area contributed by atoms with Crippen LogP contribution >= 0.6 is 11.3 Å². The highest BCUT2D eigenvalue weighted by atomic mass is 32.1. The molecule has 5 nitrogen and oxygen atoms in total. The molecule has 2 atom stereocenters. The Labute approximate surface area is 189 Å². The molecule has 1 aromatic heterocycles. The van der Waals surface area contributed by atoms with E-state index in [1.165, 1.54) is 18.4 Å². The normalized spacial score (nSPS) is 17.2. The summed E-state index contributed by atoms with van der Waals surface area (Å²) in [6.45, 7) is 2.16. The number of anilines is 1. The van der Waals surface area contributed by atoms with Gasteiger partial charge in [-0.1, -0.05) is 38.3 Å². The van der Waals surface area contributed by atoms with Gasteiger partial charge in [0.15, 0.2) is 0 Å². The van der Waals surface area contributed by atoms with Crippen LogP contribution in [0.4, 0.5) is 5.69 Å². The number of aryl methyl sites for hydroxylation is 1. The van der Waals surface area contributed by atoms with E-state index in [0.29, 0.717) is 11.3 Å². The number of benzene rings is 1. The number of thiophene rings is 1. The van der Waals surface area contributed by atoms with Crippen molar-refractivity contribution in [2.75, 3.05) is 12.0 Å². The molecule has 168 valence electrons. The van der Waals surface area contributed by atoms with Gasteiger partial charge in [-0.25, -0.2) is 4.79 Å². The number of carbonyl (C=O) groups excluding carboxylic acids is 2. The number of aliphatic hydroxyl groups excluding tert-OH is 1. The Morgan fingerprint density at radius 3 is 2.68 bits per heavy atom. The predicted octanol–water partition coefficient (Wildman–Crippen LogP) is 5.67. The van der Waals surface area contributed by atoms with E-state index in [4.69, 9.17) is 4.74 Å². The molecule has 31 heavy (non-hydrogen) atoms. The first-order valence-corrected chi connectivity index (χ1v) is 12.1. The summed E-state index contributed by atoms with van der Waals surface area (Å²) in [5.41, 5.74) is 1.84. The van der Waals surface area contributed by atoms with Crippen molar-refractivity contribution in [3.05, 3.63) is 51.7 Å². The molecule has 2 aromatic rings. The van der Waals surface area contributed by atoms with Crippen LogP contribution in [0.25, 0.3) is 0 Å². The first-order chi connectivity index (χ1) is 15.0. The standard InChI is InChI=1S/C25H33NO4S/c1-3-4-5-9-22(27)18-10-12-20(13-11-18)26-19(14-17-24(26)28)7-6-8-21-15-16-23(31-21)25(29)30-2/h10-13,15-16,19,22,27H,3-9,14,17H2,1-2H3/t19-,22?/m0/s1. The third kappa shape index (κ3) is 6.17. The van der Waals surface area contributed by atoms with Gasteiger partial charge in [0, 0.05) is 23.0 Å². The molecule has 1 unspecified atom stereocenters. The average molecular weight is 444 g/mol. The van der Waals surface area contributed by atoms with Gasteiger partial charge in [-0.05, 0) is 61.9 Å². The Hall–Kier alpha value is -2.18. The molecule has 1 aliphatic rings. The first kappa shape index (κ1) is 23.5. The number of nitrogens with zero attached hydrogens (tertiary/aromatic N) is 1. The van der Waals surface area contributed by atoms with Gasteiger partial charge in [-0.3, -0.25) is 4.79 Å². The van der Waals surface area contributed by atoms with Gasteiger partial charge in [0.1, 0.15) is 4.88 Å². The van der Waals surface area contributed by atoms with Crippen molar-refractivity contribution in [1.29, 1.82) is 0 Å². The second-order valence-electron chi connectivity index (χ2n) is 8.21. The van der Waals surface area contributed by atoms with Crippen LogP contribution < -0.4 is 4.90 Å². The molecule has 2 heterocycles. The average Bonchev–Trinajstić information content (AvgIpc) is 3.40. The zero-order chi connectivity index (χ0) is 22.2. The predicted molar refractivity (Wildman–Crippen MR) is 125 cm³/mol. The summed E-state index contributed by atoms with van der Waals surface area (Å²) in [7, 11) is 1.40. The van der Waals surface area contributed by atoms with Crippen molar-refractivity contribution < 1.29 is 19.4 Å². The lowest BCUT2D eigenvalue weighted by Gasteiger charge is -2.25. The SMILES string of the molecule is CCCCCC(O)c1ccc(N2C(=O)CC[C@@H]2CCCc2ccc(C(=O)OC)s2)cc1. The fraction of sp³-hybridized carbons (Fsp3) is 0.520. The summed E-state index contributed by atoms with van der Waals surface area (Å²) in [6, 6.07) is 11.8. The van der Waals surface area contributed by atoms with E-state index in [-0.39, 0.29) is 17.9 Å². The Morgan fingerprint density at radius 2 is 1.97 bits per heavy atom. The third-order valence-corrected chi connectivity index (χ3v) is 7.10. The molecule has 6 heteroatoms. The number of aliphatic hydroxyl groups is 1. The van der Waals surface area contributed by atoms with Crippen LogP contribution in [0.15, 0.2) is 36.4 Å². The number of hydrogen-bond acceptors (Lipinski definition) is 5. The van der Waals surface area contributed by atoms with Crippen LogP contribution in [0.2, 0.25) is 0 Å².